The van der Waals surface area contributed by atoms with Crippen LogP contribution in [0.4, 0.5) is 0 Å². The van der Waals surface area contributed by atoms with Gasteiger partial charge in [-0.25, -0.2) is 4.98 Å². The number of nitrogens with two attached hydrogens (primary N) is 1. The van der Waals surface area contributed by atoms with E-state index in [9.17, 15) is 4.79 Å². The van der Waals surface area contributed by atoms with Gasteiger partial charge in [0.2, 0.25) is 0 Å². The third-order valence-electron chi connectivity index (χ3n) is 4.21. The number of rotatable bonds is 3. The van der Waals surface area contributed by atoms with Gasteiger partial charge in [-0.05, 0) is 46.1 Å². The van der Waals surface area contributed by atoms with Crippen LogP contribution in [0.2, 0.25) is 0 Å². The fourth-order valence-electron chi connectivity index (χ4n) is 3.02. The third kappa shape index (κ3) is 4.48. The van der Waals surface area contributed by atoms with Gasteiger partial charge in [-0.3, -0.25) is 4.79 Å². The Bertz CT molecular complexity index is 655. The summed E-state index contributed by atoms with van der Waals surface area (Å²) in [6.45, 7) is 1.96. The second kappa shape index (κ2) is 9.37. The van der Waals surface area contributed by atoms with E-state index in [0.717, 1.165) is 4.47 Å². The molecular weight excluding hydrogens is 413 g/mol. The first-order chi connectivity index (χ1) is 10.7. The maximum atomic E-state index is 12.6. The first-order valence-corrected chi connectivity index (χ1v) is 8.14. The predicted octanol–water partition coefficient (Wildman–Crippen LogP) is 3.50. The van der Waals surface area contributed by atoms with Crippen molar-refractivity contribution in [1.82, 2.24) is 9.88 Å². The van der Waals surface area contributed by atoms with Crippen LogP contribution in [0.1, 0.15) is 22.0 Å². The van der Waals surface area contributed by atoms with Gasteiger partial charge in [0, 0.05) is 29.7 Å². The summed E-state index contributed by atoms with van der Waals surface area (Å²) in [6.07, 6.45) is 1.65. The van der Waals surface area contributed by atoms with Crippen LogP contribution in [0.15, 0.2) is 53.1 Å². The Morgan fingerprint density at radius 1 is 1.17 bits per heavy atom. The number of carbonyl (C=O) groups excluding carboxylic acids is 1. The summed E-state index contributed by atoms with van der Waals surface area (Å²) in [7, 11) is 0. The molecule has 0 saturated carbocycles. The molecule has 2 N–H and O–H groups in total. The summed E-state index contributed by atoms with van der Waals surface area (Å²) in [5.74, 6) is 0.566. The van der Waals surface area contributed by atoms with Gasteiger partial charge in [0.15, 0.2) is 0 Å². The lowest BCUT2D eigenvalue weighted by molar-refractivity contribution is 0.0780. The number of pyridine rings is 1. The molecule has 1 aromatic heterocycles. The van der Waals surface area contributed by atoms with E-state index < -0.39 is 0 Å². The first kappa shape index (κ1) is 20.9. The SMILES string of the molecule is Cl.Cl.NC[C@@H]1CN(C(=O)c2ccc(Br)cn2)C[C@H]1c1ccccc1. The van der Waals surface area contributed by atoms with Crippen molar-refractivity contribution in [3.05, 3.63) is 64.4 Å². The van der Waals surface area contributed by atoms with E-state index in [-0.39, 0.29) is 30.7 Å². The maximum Gasteiger partial charge on any atom is 0.272 e. The second-order valence-corrected chi connectivity index (χ2v) is 6.50. The molecule has 0 bridgehead atoms. The lowest BCUT2D eigenvalue weighted by atomic mass is 9.89. The molecule has 130 valence electrons. The molecule has 1 fully saturated rings. The largest absolute Gasteiger partial charge is 0.336 e. The minimum absolute atomic E-state index is 0. The highest BCUT2D eigenvalue weighted by atomic mass is 79.9. The summed E-state index contributed by atoms with van der Waals surface area (Å²) >= 11 is 3.34. The maximum absolute atomic E-state index is 12.6. The number of hydrogen-bond acceptors (Lipinski definition) is 3. The molecule has 1 saturated heterocycles. The van der Waals surface area contributed by atoms with E-state index in [1.54, 1.807) is 12.3 Å². The standard InChI is InChI=1S/C17H18BrN3O.2ClH/c18-14-6-7-16(20-9-14)17(22)21-10-13(8-19)15(11-21)12-4-2-1-3-5-12;;/h1-7,9,13,15H,8,10-11,19H2;2*1H/t13-,15+;;/m1../s1. The zero-order valence-electron chi connectivity index (χ0n) is 13.0. The van der Waals surface area contributed by atoms with Crippen LogP contribution in [-0.4, -0.2) is 35.4 Å². The lowest BCUT2D eigenvalue weighted by Crippen LogP contribution is -2.30. The highest BCUT2D eigenvalue weighted by Crippen LogP contribution is 2.32. The molecule has 24 heavy (non-hydrogen) atoms. The van der Waals surface area contributed by atoms with Crippen LogP contribution in [0.5, 0.6) is 0 Å². The molecule has 2 heterocycles. The van der Waals surface area contributed by atoms with Gasteiger partial charge in [-0.15, -0.1) is 24.8 Å². The zero-order chi connectivity index (χ0) is 15.5. The molecule has 4 nitrogen and oxygen atoms in total. The number of amides is 1. The van der Waals surface area contributed by atoms with E-state index in [2.05, 4.69) is 33.0 Å². The number of benzene rings is 1. The molecule has 3 rings (SSSR count). The minimum Gasteiger partial charge on any atom is -0.336 e. The average Bonchev–Trinajstić information content (AvgIpc) is 3.00. The number of halogens is 3. The molecule has 2 atom stereocenters. The van der Waals surface area contributed by atoms with E-state index in [4.69, 9.17) is 5.73 Å². The van der Waals surface area contributed by atoms with Crippen LogP contribution in [-0.2, 0) is 0 Å². The Morgan fingerprint density at radius 2 is 1.88 bits per heavy atom. The van der Waals surface area contributed by atoms with E-state index in [1.165, 1.54) is 5.56 Å². The summed E-state index contributed by atoms with van der Waals surface area (Å²) in [5.41, 5.74) is 7.65. The van der Waals surface area contributed by atoms with Crippen LogP contribution in [0.25, 0.3) is 0 Å². The van der Waals surface area contributed by atoms with Crippen LogP contribution in [0, 0.1) is 5.92 Å². The molecule has 1 aliphatic heterocycles. The van der Waals surface area contributed by atoms with Gasteiger partial charge < -0.3 is 10.6 Å². The number of aromatic nitrogens is 1. The van der Waals surface area contributed by atoms with Gasteiger partial charge in [-0.1, -0.05) is 30.3 Å². The van der Waals surface area contributed by atoms with Crippen molar-refractivity contribution >= 4 is 46.7 Å². The number of carbonyl (C=O) groups is 1. The highest BCUT2D eigenvalue weighted by molar-refractivity contribution is 9.10. The van der Waals surface area contributed by atoms with Gasteiger partial charge >= 0.3 is 0 Å². The van der Waals surface area contributed by atoms with Crippen molar-refractivity contribution in [2.24, 2.45) is 11.7 Å². The predicted molar refractivity (Wildman–Crippen MR) is 104 cm³/mol. The van der Waals surface area contributed by atoms with E-state index in [1.807, 2.05) is 29.2 Å². The molecule has 0 aliphatic carbocycles. The Balaban J connectivity index is 0.00000144. The third-order valence-corrected chi connectivity index (χ3v) is 4.67. The first-order valence-electron chi connectivity index (χ1n) is 7.35. The topological polar surface area (TPSA) is 59.2 Å². The molecule has 7 heteroatoms. The van der Waals surface area contributed by atoms with Crippen LogP contribution >= 0.6 is 40.7 Å². The highest BCUT2D eigenvalue weighted by Gasteiger charge is 2.35. The van der Waals surface area contributed by atoms with Crippen molar-refractivity contribution in [3.63, 3.8) is 0 Å². The van der Waals surface area contributed by atoms with Gasteiger partial charge in [0.05, 0.1) is 0 Å². The molecule has 0 unspecified atom stereocenters. The Labute approximate surface area is 162 Å². The molecule has 1 aliphatic rings. The zero-order valence-corrected chi connectivity index (χ0v) is 16.2. The lowest BCUT2D eigenvalue weighted by Gasteiger charge is -2.16. The Hall–Kier alpha value is -1.14. The fourth-order valence-corrected chi connectivity index (χ4v) is 3.25. The Morgan fingerprint density at radius 3 is 2.46 bits per heavy atom. The summed E-state index contributed by atoms with van der Waals surface area (Å²) < 4.78 is 0.868. The van der Waals surface area contributed by atoms with Crippen LogP contribution in [0.3, 0.4) is 0 Å². The molecular formula is C17H20BrCl2N3O. The molecule has 1 amide bonds. The molecule has 0 spiro atoms. The number of likely N-dealkylation sites (tertiary alicyclic amines) is 1. The Kier molecular flexibility index (Phi) is 8.16. The fraction of sp³-hybridized carbons (Fsp3) is 0.294. The minimum atomic E-state index is -0.0237. The quantitative estimate of drug-likeness (QED) is 0.807. The monoisotopic (exact) mass is 431 g/mol. The van der Waals surface area contributed by atoms with Gasteiger partial charge in [0.1, 0.15) is 5.69 Å². The summed E-state index contributed by atoms with van der Waals surface area (Å²) in [5, 5.41) is 0. The van der Waals surface area contributed by atoms with Crippen molar-refractivity contribution in [2.45, 2.75) is 5.92 Å². The summed E-state index contributed by atoms with van der Waals surface area (Å²) in [4.78, 5) is 18.7. The van der Waals surface area contributed by atoms with E-state index >= 15 is 0 Å². The molecule has 0 radical (unpaired) electrons. The average molecular weight is 433 g/mol. The normalized spacial score (nSPS) is 19.3. The summed E-state index contributed by atoms with van der Waals surface area (Å²) in [6, 6.07) is 13.9. The van der Waals surface area contributed by atoms with Crippen molar-refractivity contribution in [1.29, 1.82) is 0 Å². The smallest absolute Gasteiger partial charge is 0.272 e. The van der Waals surface area contributed by atoms with Crippen molar-refractivity contribution < 1.29 is 4.79 Å². The number of nitrogens with zero attached hydrogens (tertiary/aromatic N) is 2. The van der Waals surface area contributed by atoms with E-state index in [0.29, 0.717) is 37.2 Å². The van der Waals surface area contributed by atoms with Gasteiger partial charge in [-0.2, -0.15) is 0 Å². The van der Waals surface area contributed by atoms with Gasteiger partial charge in [0.25, 0.3) is 5.91 Å². The van der Waals surface area contributed by atoms with Crippen molar-refractivity contribution in [3.8, 4) is 0 Å². The van der Waals surface area contributed by atoms with Crippen LogP contribution < -0.4 is 5.73 Å². The molecule has 2 aromatic rings. The van der Waals surface area contributed by atoms with Crippen molar-refractivity contribution in [2.75, 3.05) is 19.6 Å². The second-order valence-electron chi connectivity index (χ2n) is 5.58. The molecule has 1 aromatic carbocycles. The number of hydrogen-bond donors (Lipinski definition) is 1.